The summed E-state index contributed by atoms with van der Waals surface area (Å²) in [5, 5.41) is 2.83. The molecular weight excluding hydrogens is 324 g/mol. The highest BCUT2D eigenvalue weighted by molar-refractivity contribution is 7.86. The van der Waals surface area contributed by atoms with E-state index in [0.29, 0.717) is 25.3 Å². The summed E-state index contributed by atoms with van der Waals surface area (Å²) in [4.78, 5) is 12.4. The first-order valence-corrected chi connectivity index (χ1v) is 8.86. The van der Waals surface area contributed by atoms with Crippen LogP contribution in [0, 0.1) is 5.41 Å². The number of carbonyl (C=O) groups excluding carboxylic acids is 1. The third kappa shape index (κ3) is 4.22. The highest BCUT2D eigenvalue weighted by atomic mass is 35.5. The Balaban J connectivity index is 0.00000441. The lowest BCUT2D eigenvalue weighted by Gasteiger charge is -2.57. The SMILES string of the molecule is CCOC1CC(N)(C(=O)NCCS(=O)C(C)(C)C)C1(C)C.Cl. The Kier molecular flexibility index (Phi) is 7.54. The summed E-state index contributed by atoms with van der Waals surface area (Å²) in [6.07, 6.45) is 0.545. The number of hydrogen-bond donors (Lipinski definition) is 2. The van der Waals surface area contributed by atoms with Gasteiger partial charge in [-0.05, 0) is 27.7 Å². The lowest BCUT2D eigenvalue weighted by molar-refractivity contribution is -0.170. The minimum Gasteiger partial charge on any atom is -0.378 e. The average Bonchev–Trinajstić information content (AvgIpc) is 2.36. The largest absolute Gasteiger partial charge is 0.378 e. The molecule has 132 valence electrons. The zero-order valence-corrected chi connectivity index (χ0v) is 16.2. The van der Waals surface area contributed by atoms with E-state index in [-0.39, 0.29) is 29.2 Å². The first-order valence-electron chi connectivity index (χ1n) is 7.54. The van der Waals surface area contributed by atoms with Gasteiger partial charge in [-0.15, -0.1) is 12.4 Å². The van der Waals surface area contributed by atoms with Crippen molar-refractivity contribution in [2.45, 2.75) is 64.4 Å². The van der Waals surface area contributed by atoms with Crippen LogP contribution in [-0.2, 0) is 20.3 Å². The Labute approximate surface area is 143 Å². The van der Waals surface area contributed by atoms with Crippen molar-refractivity contribution in [3.63, 3.8) is 0 Å². The Morgan fingerprint density at radius 2 is 1.95 bits per heavy atom. The van der Waals surface area contributed by atoms with E-state index in [9.17, 15) is 9.00 Å². The number of nitrogens with two attached hydrogens (primary N) is 1. The number of rotatable bonds is 6. The molecule has 3 unspecified atom stereocenters. The van der Waals surface area contributed by atoms with Crippen molar-refractivity contribution in [1.29, 1.82) is 0 Å². The maximum Gasteiger partial charge on any atom is 0.240 e. The average molecular weight is 355 g/mol. The molecule has 1 amide bonds. The minimum absolute atomic E-state index is 0. The second kappa shape index (κ2) is 7.60. The molecular formula is C15H31ClN2O3S. The Bertz CT molecular complexity index is 424. The van der Waals surface area contributed by atoms with Crippen molar-refractivity contribution in [2.75, 3.05) is 18.9 Å². The second-order valence-electron chi connectivity index (χ2n) is 7.26. The standard InChI is InChI=1S/C15H30N2O3S.ClH/c1-7-20-11-10-15(16,14(11,5)6)12(18)17-8-9-21(19)13(2,3)4;/h11H,7-10,16H2,1-6H3,(H,17,18);1H. The lowest BCUT2D eigenvalue weighted by atomic mass is 9.54. The van der Waals surface area contributed by atoms with Gasteiger partial charge in [0.2, 0.25) is 5.91 Å². The van der Waals surface area contributed by atoms with Gasteiger partial charge < -0.3 is 15.8 Å². The summed E-state index contributed by atoms with van der Waals surface area (Å²) in [6, 6.07) is 0. The molecule has 0 saturated heterocycles. The van der Waals surface area contributed by atoms with E-state index in [0.717, 1.165) is 0 Å². The number of ether oxygens (including phenoxy) is 1. The van der Waals surface area contributed by atoms with E-state index in [1.54, 1.807) is 0 Å². The van der Waals surface area contributed by atoms with E-state index < -0.39 is 21.8 Å². The molecule has 3 N–H and O–H groups in total. The topological polar surface area (TPSA) is 81.4 Å². The monoisotopic (exact) mass is 354 g/mol. The van der Waals surface area contributed by atoms with Gasteiger partial charge in [0.1, 0.15) is 5.54 Å². The molecule has 0 heterocycles. The zero-order chi connectivity index (χ0) is 16.5. The van der Waals surface area contributed by atoms with Gasteiger partial charge in [-0.25, -0.2) is 0 Å². The van der Waals surface area contributed by atoms with E-state index in [1.165, 1.54) is 0 Å². The van der Waals surface area contributed by atoms with Crippen molar-refractivity contribution in [3.05, 3.63) is 0 Å². The van der Waals surface area contributed by atoms with Crippen LogP contribution in [0.4, 0.5) is 0 Å². The summed E-state index contributed by atoms with van der Waals surface area (Å²) in [5.74, 6) is 0.273. The number of halogens is 1. The molecule has 0 aromatic heterocycles. The third-order valence-corrected chi connectivity index (χ3v) is 6.43. The molecule has 0 spiro atoms. The highest BCUT2D eigenvalue weighted by Gasteiger charge is 2.62. The van der Waals surface area contributed by atoms with Crippen molar-refractivity contribution >= 4 is 29.1 Å². The van der Waals surface area contributed by atoms with Crippen LogP contribution in [0.1, 0.15) is 48.0 Å². The first kappa shape index (κ1) is 21.8. The zero-order valence-electron chi connectivity index (χ0n) is 14.5. The number of hydrogen-bond acceptors (Lipinski definition) is 4. The van der Waals surface area contributed by atoms with Gasteiger partial charge >= 0.3 is 0 Å². The predicted molar refractivity (Wildman–Crippen MR) is 93.8 cm³/mol. The first-order chi connectivity index (χ1) is 9.46. The molecule has 0 radical (unpaired) electrons. The summed E-state index contributed by atoms with van der Waals surface area (Å²) < 4.78 is 17.3. The van der Waals surface area contributed by atoms with Gasteiger partial charge in [0.05, 0.1) is 6.10 Å². The van der Waals surface area contributed by atoms with Crippen molar-refractivity contribution in [1.82, 2.24) is 5.32 Å². The maximum absolute atomic E-state index is 12.4. The smallest absolute Gasteiger partial charge is 0.240 e. The highest BCUT2D eigenvalue weighted by Crippen LogP contribution is 2.49. The van der Waals surface area contributed by atoms with Crippen LogP contribution in [0.2, 0.25) is 0 Å². The van der Waals surface area contributed by atoms with Crippen LogP contribution in [0.15, 0.2) is 0 Å². The van der Waals surface area contributed by atoms with Crippen molar-refractivity contribution in [3.8, 4) is 0 Å². The van der Waals surface area contributed by atoms with Crippen LogP contribution in [0.25, 0.3) is 0 Å². The second-order valence-corrected chi connectivity index (χ2v) is 9.58. The van der Waals surface area contributed by atoms with Gasteiger partial charge in [-0.1, -0.05) is 13.8 Å². The molecule has 0 aliphatic heterocycles. The summed E-state index contributed by atoms with van der Waals surface area (Å²) in [5.41, 5.74) is 4.98. The van der Waals surface area contributed by atoms with Gasteiger partial charge in [-0.2, -0.15) is 0 Å². The quantitative estimate of drug-likeness (QED) is 0.759. The fraction of sp³-hybridized carbons (Fsp3) is 0.933. The minimum atomic E-state index is -0.974. The fourth-order valence-electron chi connectivity index (χ4n) is 2.54. The molecule has 1 saturated carbocycles. The maximum atomic E-state index is 12.4. The fourth-order valence-corrected chi connectivity index (χ4v) is 3.44. The van der Waals surface area contributed by atoms with E-state index in [1.807, 2.05) is 41.5 Å². The number of amides is 1. The summed E-state index contributed by atoms with van der Waals surface area (Å²) >= 11 is 0. The molecule has 3 atom stereocenters. The molecule has 0 aromatic rings. The summed E-state index contributed by atoms with van der Waals surface area (Å²) in [7, 11) is -0.974. The van der Waals surface area contributed by atoms with Gasteiger partial charge in [0.15, 0.2) is 0 Å². The normalized spacial score (nSPS) is 28.2. The molecule has 22 heavy (non-hydrogen) atoms. The Hall–Kier alpha value is -0.170. The third-order valence-electron chi connectivity index (χ3n) is 4.49. The van der Waals surface area contributed by atoms with E-state index in [2.05, 4.69) is 5.32 Å². The van der Waals surface area contributed by atoms with Crippen LogP contribution in [-0.4, -0.2) is 45.4 Å². The summed E-state index contributed by atoms with van der Waals surface area (Å²) in [6.45, 7) is 12.7. The Morgan fingerprint density at radius 1 is 1.41 bits per heavy atom. The van der Waals surface area contributed by atoms with Crippen LogP contribution < -0.4 is 11.1 Å². The van der Waals surface area contributed by atoms with E-state index >= 15 is 0 Å². The van der Waals surface area contributed by atoms with Crippen LogP contribution in [0.5, 0.6) is 0 Å². The predicted octanol–water partition coefficient (Wildman–Crippen LogP) is 1.60. The molecule has 0 bridgehead atoms. The van der Waals surface area contributed by atoms with E-state index in [4.69, 9.17) is 10.5 Å². The molecule has 0 aromatic carbocycles. The van der Waals surface area contributed by atoms with Crippen LogP contribution in [0.3, 0.4) is 0 Å². The van der Waals surface area contributed by atoms with Crippen molar-refractivity contribution in [2.24, 2.45) is 11.1 Å². The van der Waals surface area contributed by atoms with Gasteiger partial charge in [-0.3, -0.25) is 9.00 Å². The molecule has 1 aliphatic rings. The molecule has 1 aliphatic carbocycles. The molecule has 5 nitrogen and oxygen atoms in total. The molecule has 1 rings (SSSR count). The molecule has 7 heteroatoms. The van der Waals surface area contributed by atoms with Crippen LogP contribution >= 0.6 is 12.4 Å². The number of nitrogens with one attached hydrogen (secondary N) is 1. The van der Waals surface area contributed by atoms with Gasteiger partial charge in [0, 0.05) is 46.3 Å². The number of carbonyl (C=O) groups is 1. The molecule has 1 fully saturated rings. The lowest BCUT2D eigenvalue weighted by Crippen LogP contribution is -2.75. The Morgan fingerprint density at radius 3 is 2.36 bits per heavy atom. The van der Waals surface area contributed by atoms with Gasteiger partial charge in [0.25, 0.3) is 0 Å². The van der Waals surface area contributed by atoms with Crippen molar-refractivity contribution < 1.29 is 13.7 Å².